The van der Waals surface area contributed by atoms with Gasteiger partial charge in [-0.3, -0.25) is 10.1 Å². The number of nitrogens with one attached hydrogen (secondary N) is 1. The predicted molar refractivity (Wildman–Crippen MR) is 89.4 cm³/mol. The molecule has 3 rings (SSSR count). The highest BCUT2D eigenvalue weighted by atomic mass is 19.4. The molecule has 1 N–H and O–H groups in total. The van der Waals surface area contributed by atoms with Gasteiger partial charge in [0.2, 0.25) is 5.95 Å². The van der Waals surface area contributed by atoms with Crippen LogP contribution in [-0.4, -0.2) is 15.5 Å². The van der Waals surface area contributed by atoms with Crippen LogP contribution in [0, 0.1) is 0 Å². The Morgan fingerprint density at radius 2 is 1.92 bits per heavy atom. The number of carbonyl (C=O) groups is 1. The van der Waals surface area contributed by atoms with Crippen molar-refractivity contribution in [1.29, 1.82) is 0 Å². The minimum Gasteiger partial charge on any atom is -0.310 e. The highest BCUT2D eigenvalue weighted by molar-refractivity contribution is 6.04. The Morgan fingerprint density at radius 3 is 2.64 bits per heavy atom. The fourth-order valence-electron chi connectivity index (χ4n) is 2.63. The predicted octanol–water partition coefficient (Wildman–Crippen LogP) is 4.72. The molecule has 4 nitrogen and oxygen atoms in total. The van der Waals surface area contributed by atoms with Crippen LogP contribution in [0.15, 0.2) is 48.5 Å². The monoisotopic (exact) mass is 347 g/mol. The summed E-state index contributed by atoms with van der Waals surface area (Å²) in [6, 6.07) is 11.7. The average Bonchev–Trinajstić information content (AvgIpc) is 2.92. The Morgan fingerprint density at radius 1 is 1.16 bits per heavy atom. The second-order valence-corrected chi connectivity index (χ2v) is 5.61. The zero-order chi connectivity index (χ0) is 18.0. The first kappa shape index (κ1) is 17.0. The molecule has 0 saturated heterocycles. The molecule has 0 radical (unpaired) electrons. The van der Waals surface area contributed by atoms with E-state index < -0.39 is 17.6 Å². The molecule has 0 unspecified atom stereocenters. The lowest BCUT2D eigenvalue weighted by molar-refractivity contribution is -0.137. The van der Waals surface area contributed by atoms with Crippen LogP contribution in [0.2, 0.25) is 0 Å². The number of halogens is 3. The molecule has 130 valence electrons. The van der Waals surface area contributed by atoms with Crippen molar-refractivity contribution in [1.82, 2.24) is 9.55 Å². The Hall–Kier alpha value is -2.83. The molecule has 0 aliphatic heterocycles. The largest absolute Gasteiger partial charge is 0.416 e. The SMILES string of the molecule is CCCn1c(NC(=O)c2cccc(C(F)(F)F)c2)nc2ccccc21. The van der Waals surface area contributed by atoms with Gasteiger partial charge in [-0.25, -0.2) is 4.98 Å². The first-order valence-corrected chi connectivity index (χ1v) is 7.84. The van der Waals surface area contributed by atoms with E-state index in [0.717, 1.165) is 29.6 Å². The van der Waals surface area contributed by atoms with Gasteiger partial charge >= 0.3 is 6.18 Å². The quantitative estimate of drug-likeness (QED) is 0.742. The lowest BCUT2D eigenvalue weighted by Gasteiger charge is -2.10. The van der Waals surface area contributed by atoms with Gasteiger partial charge in [0.15, 0.2) is 0 Å². The number of amides is 1. The van der Waals surface area contributed by atoms with Crippen molar-refractivity contribution in [3.05, 3.63) is 59.7 Å². The van der Waals surface area contributed by atoms with E-state index in [1.54, 1.807) is 0 Å². The summed E-state index contributed by atoms with van der Waals surface area (Å²) in [7, 11) is 0. The van der Waals surface area contributed by atoms with Crippen molar-refractivity contribution >= 4 is 22.9 Å². The van der Waals surface area contributed by atoms with Crippen molar-refractivity contribution in [2.75, 3.05) is 5.32 Å². The molecule has 0 bridgehead atoms. The summed E-state index contributed by atoms with van der Waals surface area (Å²) in [5.41, 5.74) is 0.658. The van der Waals surface area contributed by atoms with Gasteiger partial charge in [0.1, 0.15) is 0 Å². The number of para-hydroxylation sites is 2. The van der Waals surface area contributed by atoms with Gasteiger partial charge in [-0.15, -0.1) is 0 Å². The van der Waals surface area contributed by atoms with Gasteiger partial charge in [0, 0.05) is 12.1 Å². The van der Waals surface area contributed by atoms with Gasteiger partial charge in [-0.1, -0.05) is 25.1 Å². The molecular formula is C18H16F3N3O. The number of nitrogens with zero attached hydrogens (tertiary/aromatic N) is 2. The maximum Gasteiger partial charge on any atom is 0.416 e. The topological polar surface area (TPSA) is 46.9 Å². The van der Waals surface area contributed by atoms with Crippen molar-refractivity contribution in [2.24, 2.45) is 0 Å². The van der Waals surface area contributed by atoms with Crippen molar-refractivity contribution in [3.8, 4) is 0 Å². The van der Waals surface area contributed by atoms with Crippen LogP contribution in [0.1, 0.15) is 29.3 Å². The van der Waals surface area contributed by atoms with Gasteiger partial charge in [0.05, 0.1) is 16.6 Å². The Balaban J connectivity index is 1.93. The Kier molecular flexibility index (Phi) is 4.48. The van der Waals surface area contributed by atoms with Crippen molar-refractivity contribution < 1.29 is 18.0 Å². The maximum absolute atomic E-state index is 12.8. The fourth-order valence-corrected chi connectivity index (χ4v) is 2.63. The molecule has 1 amide bonds. The van der Waals surface area contributed by atoms with Crippen LogP contribution in [0.25, 0.3) is 11.0 Å². The van der Waals surface area contributed by atoms with E-state index in [1.165, 1.54) is 12.1 Å². The molecule has 0 aliphatic rings. The summed E-state index contributed by atoms with van der Waals surface area (Å²) in [6.45, 7) is 2.63. The smallest absolute Gasteiger partial charge is 0.310 e. The second kappa shape index (κ2) is 6.58. The van der Waals surface area contributed by atoms with Crippen molar-refractivity contribution in [2.45, 2.75) is 26.1 Å². The number of carbonyl (C=O) groups excluding carboxylic acids is 1. The molecule has 2 aromatic carbocycles. The van der Waals surface area contributed by atoms with Crippen LogP contribution in [0.5, 0.6) is 0 Å². The van der Waals surface area contributed by atoms with Gasteiger partial charge in [-0.05, 0) is 36.8 Å². The number of fused-ring (bicyclic) bond motifs is 1. The molecular weight excluding hydrogens is 331 g/mol. The van der Waals surface area contributed by atoms with Gasteiger partial charge in [-0.2, -0.15) is 13.2 Å². The number of hydrogen-bond donors (Lipinski definition) is 1. The molecule has 7 heteroatoms. The summed E-state index contributed by atoms with van der Waals surface area (Å²) in [6.07, 6.45) is -3.67. The minimum atomic E-state index is -4.49. The fraction of sp³-hybridized carbons (Fsp3) is 0.222. The van der Waals surface area contributed by atoms with Crippen LogP contribution < -0.4 is 5.32 Å². The third-order valence-electron chi connectivity index (χ3n) is 3.78. The summed E-state index contributed by atoms with van der Waals surface area (Å²) in [5.74, 6) is -0.302. The summed E-state index contributed by atoms with van der Waals surface area (Å²) in [4.78, 5) is 16.8. The lowest BCUT2D eigenvalue weighted by atomic mass is 10.1. The highest BCUT2D eigenvalue weighted by Gasteiger charge is 2.31. The zero-order valence-electron chi connectivity index (χ0n) is 13.5. The number of rotatable bonds is 4. The summed E-state index contributed by atoms with van der Waals surface area (Å²) in [5, 5.41) is 2.63. The van der Waals surface area contributed by atoms with Crippen LogP contribution >= 0.6 is 0 Å². The van der Waals surface area contributed by atoms with Crippen molar-refractivity contribution in [3.63, 3.8) is 0 Å². The van der Waals surface area contributed by atoms with E-state index in [9.17, 15) is 18.0 Å². The average molecular weight is 347 g/mol. The molecule has 25 heavy (non-hydrogen) atoms. The zero-order valence-corrected chi connectivity index (χ0v) is 13.5. The number of aromatic nitrogens is 2. The van der Waals surface area contributed by atoms with Gasteiger partial charge in [0.25, 0.3) is 5.91 Å². The molecule has 0 saturated carbocycles. The first-order chi connectivity index (χ1) is 11.9. The number of benzene rings is 2. The summed E-state index contributed by atoms with van der Waals surface area (Å²) < 4.78 is 40.3. The Labute approximate surface area is 142 Å². The maximum atomic E-state index is 12.8. The molecule has 0 atom stereocenters. The number of imidazole rings is 1. The number of hydrogen-bond acceptors (Lipinski definition) is 2. The third-order valence-corrected chi connectivity index (χ3v) is 3.78. The summed E-state index contributed by atoms with van der Waals surface area (Å²) >= 11 is 0. The minimum absolute atomic E-state index is 0.0649. The van der Waals surface area contributed by atoms with Crippen LogP contribution in [0.3, 0.4) is 0 Å². The Bertz CT molecular complexity index is 915. The molecule has 1 heterocycles. The molecule has 0 spiro atoms. The molecule has 0 fully saturated rings. The van der Waals surface area contributed by atoms with Crippen LogP contribution in [-0.2, 0) is 12.7 Å². The van der Waals surface area contributed by atoms with E-state index in [-0.39, 0.29) is 5.56 Å². The number of anilines is 1. The highest BCUT2D eigenvalue weighted by Crippen LogP contribution is 2.29. The van der Waals surface area contributed by atoms with E-state index in [4.69, 9.17) is 0 Å². The van der Waals surface area contributed by atoms with Crippen LogP contribution in [0.4, 0.5) is 19.1 Å². The normalized spacial score (nSPS) is 11.7. The van der Waals surface area contributed by atoms with E-state index in [0.29, 0.717) is 12.5 Å². The van der Waals surface area contributed by atoms with Gasteiger partial charge < -0.3 is 4.57 Å². The lowest BCUT2D eigenvalue weighted by Crippen LogP contribution is -2.17. The number of alkyl halides is 3. The molecule has 0 aliphatic carbocycles. The number of aryl methyl sites for hydroxylation is 1. The van der Waals surface area contributed by atoms with E-state index in [2.05, 4.69) is 10.3 Å². The third kappa shape index (κ3) is 3.50. The molecule has 1 aromatic heterocycles. The molecule has 3 aromatic rings. The second-order valence-electron chi connectivity index (χ2n) is 5.61. The van der Waals surface area contributed by atoms with E-state index >= 15 is 0 Å². The standard InChI is InChI=1S/C18H16F3N3O/c1-2-10-24-15-9-4-3-8-14(15)22-17(24)23-16(25)12-6-5-7-13(11-12)18(19,20)21/h3-9,11H,2,10H2,1H3,(H,22,23,25). The van der Waals surface area contributed by atoms with E-state index in [1.807, 2.05) is 35.8 Å². The first-order valence-electron chi connectivity index (χ1n) is 7.84.